The van der Waals surface area contributed by atoms with Crippen molar-refractivity contribution in [3.63, 3.8) is 0 Å². The van der Waals surface area contributed by atoms with Gasteiger partial charge in [0.05, 0.1) is 12.4 Å². The molecule has 0 spiro atoms. The molecule has 104 valence electrons. The first-order valence-electron chi connectivity index (χ1n) is 6.40. The molecule has 0 atom stereocenters. The number of rotatable bonds is 3. The van der Waals surface area contributed by atoms with Crippen LogP contribution < -0.4 is 15.9 Å². The van der Waals surface area contributed by atoms with Crippen LogP contribution in [0.25, 0.3) is 5.65 Å². The third-order valence-corrected chi connectivity index (χ3v) is 3.01. The fourth-order valence-electron chi connectivity index (χ4n) is 2.11. The molecule has 1 aliphatic heterocycles. The van der Waals surface area contributed by atoms with E-state index in [-0.39, 0.29) is 0 Å². The predicted octanol–water partition coefficient (Wildman–Crippen LogP) is 1.63. The summed E-state index contributed by atoms with van der Waals surface area (Å²) in [6.45, 7) is 0. The lowest BCUT2D eigenvalue weighted by atomic mass is 10.4. The molecule has 3 aromatic rings. The summed E-state index contributed by atoms with van der Waals surface area (Å²) in [5.41, 5.74) is 3.87. The van der Waals surface area contributed by atoms with Gasteiger partial charge in [-0.25, -0.2) is 4.98 Å². The van der Waals surface area contributed by atoms with Gasteiger partial charge in [0.1, 0.15) is 5.65 Å². The van der Waals surface area contributed by atoms with Crippen LogP contribution in [0.3, 0.4) is 0 Å². The van der Waals surface area contributed by atoms with E-state index in [1.54, 1.807) is 17.5 Å². The van der Waals surface area contributed by atoms with Gasteiger partial charge in [-0.1, -0.05) is 6.07 Å². The van der Waals surface area contributed by atoms with E-state index in [1.165, 1.54) is 0 Å². The van der Waals surface area contributed by atoms with Crippen LogP contribution in [0.1, 0.15) is 0 Å². The topological polar surface area (TPSA) is 85.6 Å². The van der Waals surface area contributed by atoms with Crippen LogP contribution in [0.5, 0.6) is 0 Å². The molecule has 8 nitrogen and oxygen atoms in total. The summed E-state index contributed by atoms with van der Waals surface area (Å²) in [7, 11) is 0. The number of nitrogens with zero attached hydrogens (tertiary/aromatic N) is 5. The molecule has 0 saturated carbocycles. The number of hydrazine groups is 1. The number of anilines is 3. The van der Waals surface area contributed by atoms with Crippen molar-refractivity contribution in [2.75, 3.05) is 10.4 Å². The summed E-state index contributed by atoms with van der Waals surface area (Å²) >= 11 is 0. The standard InChI is InChI=1S/C13H12N8/c1-3-12-18-11(17-10-5-8-14-19-10)9-20(12)13(4-1)21-15-6-2-7-16-21/h1-9,15H,(H2,14,17,19). The number of hydrazone groups is 1. The highest BCUT2D eigenvalue weighted by Gasteiger charge is 2.11. The smallest absolute Gasteiger partial charge is 0.158 e. The number of H-pyrrole nitrogens is 1. The molecular weight excluding hydrogens is 268 g/mol. The summed E-state index contributed by atoms with van der Waals surface area (Å²) in [5.74, 6) is 2.29. The number of fused-ring (bicyclic) bond motifs is 1. The minimum atomic E-state index is 0.714. The zero-order valence-corrected chi connectivity index (χ0v) is 10.9. The number of imidazole rings is 1. The van der Waals surface area contributed by atoms with Gasteiger partial charge in [0, 0.05) is 18.5 Å². The average Bonchev–Trinajstić information content (AvgIpc) is 3.17. The molecule has 0 amide bonds. The van der Waals surface area contributed by atoms with Crippen LogP contribution in [0.2, 0.25) is 0 Å². The summed E-state index contributed by atoms with van der Waals surface area (Å²) in [6.07, 6.45) is 9.01. The first-order chi connectivity index (χ1) is 10.4. The maximum absolute atomic E-state index is 4.52. The Balaban J connectivity index is 1.73. The second-order valence-corrected chi connectivity index (χ2v) is 4.39. The maximum atomic E-state index is 4.52. The Morgan fingerprint density at radius 2 is 2.14 bits per heavy atom. The molecule has 0 aliphatic carbocycles. The lowest BCUT2D eigenvalue weighted by molar-refractivity contribution is 0.751. The molecule has 4 heterocycles. The van der Waals surface area contributed by atoms with Crippen LogP contribution in [-0.4, -0.2) is 25.8 Å². The van der Waals surface area contributed by atoms with Gasteiger partial charge in [-0.3, -0.25) is 14.9 Å². The van der Waals surface area contributed by atoms with Crippen molar-refractivity contribution in [3.05, 3.63) is 48.9 Å². The Bertz CT molecular complexity index is 814. The molecule has 4 rings (SSSR count). The average molecular weight is 280 g/mol. The molecule has 0 saturated heterocycles. The van der Waals surface area contributed by atoms with E-state index in [4.69, 9.17) is 0 Å². The van der Waals surface area contributed by atoms with E-state index >= 15 is 0 Å². The van der Waals surface area contributed by atoms with Crippen LogP contribution in [-0.2, 0) is 0 Å². The highest BCUT2D eigenvalue weighted by molar-refractivity contribution is 5.73. The van der Waals surface area contributed by atoms with E-state index in [1.807, 2.05) is 47.1 Å². The SMILES string of the molecule is C1=CNN(c2cccc3nc(Nc4cc[nH]n4)cn23)N=C1. The molecule has 0 aromatic carbocycles. The van der Waals surface area contributed by atoms with Crippen molar-refractivity contribution in [3.8, 4) is 0 Å². The molecule has 3 aromatic heterocycles. The predicted molar refractivity (Wildman–Crippen MR) is 80.3 cm³/mol. The van der Waals surface area contributed by atoms with Crippen molar-refractivity contribution in [1.29, 1.82) is 0 Å². The Kier molecular flexibility index (Phi) is 2.57. The molecule has 8 heteroatoms. The summed E-state index contributed by atoms with van der Waals surface area (Å²) in [6, 6.07) is 7.66. The molecular formula is C13H12N8. The van der Waals surface area contributed by atoms with Crippen molar-refractivity contribution in [2.24, 2.45) is 5.10 Å². The molecule has 1 aliphatic rings. The van der Waals surface area contributed by atoms with E-state index in [0.29, 0.717) is 5.82 Å². The minimum Gasteiger partial charge on any atom is -0.322 e. The van der Waals surface area contributed by atoms with Gasteiger partial charge in [0.25, 0.3) is 0 Å². The van der Waals surface area contributed by atoms with Gasteiger partial charge in [0.15, 0.2) is 17.5 Å². The van der Waals surface area contributed by atoms with Crippen molar-refractivity contribution >= 4 is 29.3 Å². The van der Waals surface area contributed by atoms with Crippen molar-refractivity contribution in [1.82, 2.24) is 25.0 Å². The normalized spacial score (nSPS) is 13.6. The van der Waals surface area contributed by atoms with Gasteiger partial charge >= 0.3 is 0 Å². The minimum absolute atomic E-state index is 0.714. The first kappa shape index (κ1) is 11.5. The number of nitrogens with one attached hydrogen (secondary N) is 3. The van der Waals surface area contributed by atoms with Gasteiger partial charge in [-0.15, -0.1) is 0 Å². The van der Waals surface area contributed by atoms with E-state index in [9.17, 15) is 0 Å². The van der Waals surface area contributed by atoms with Crippen LogP contribution >= 0.6 is 0 Å². The monoisotopic (exact) mass is 280 g/mol. The van der Waals surface area contributed by atoms with Crippen LogP contribution in [0.15, 0.2) is 54.0 Å². The Morgan fingerprint density at radius 1 is 1.14 bits per heavy atom. The third-order valence-electron chi connectivity index (χ3n) is 3.01. The third kappa shape index (κ3) is 2.08. The number of hydrogen-bond acceptors (Lipinski definition) is 6. The molecule has 0 fully saturated rings. The molecule has 21 heavy (non-hydrogen) atoms. The van der Waals surface area contributed by atoms with E-state index < -0.39 is 0 Å². The Hall–Kier alpha value is -3.29. The van der Waals surface area contributed by atoms with Gasteiger partial charge < -0.3 is 5.32 Å². The number of pyridine rings is 1. The lowest BCUT2D eigenvalue weighted by Gasteiger charge is -2.20. The van der Waals surface area contributed by atoms with E-state index in [2.05, 4.69) is 31.0 Å². The molecule has 0 unspecified atom stereocenters. The summed E-state index contributed by atoms with van der Waals surface area (Å²) < 4.78 is 1.94. The largest absolute Gasteiger partial charge is 0.322 e. The van der Waals surface area contributed by atoms with Crippen molar-refractivity contribution in [2.45, 2.75) is 0 Å². The quantitative estimate of drug-likeness (QED) is 0.679. The fraction of sp³-hybridized carbons (Fsp3) is 0. The second kappa shape index (κ2) is 4.67. The van der Waals surface area contributed by atoms with Gasteiger partial charge in [0.2, 0.25) is 0 Å². The number of allylic oxidation sites excluding steroid dienone is 1. The van der Waals surface area contributed by atoms with Crippen molar-refractivity contribution < 1.29 is 0 Å². The summed E-state index contributed by atoms with van der Waals surface area (Å²) in [4.78, 5) is 4.52. The van der Waals surface area contributed by atoms with Gasteiger partial charge in [-0.05, 0) is 18.2 Å². The highest BCUT2D eigenvalue weighted by atomic mass is 15.7. The number of aromatic nitrogens is 4. The van der Waals surface area contributed by atoms with E-state index in [0.717, 1.165) is 17.3 Å². The highest BCUT2D eigenvalue weighted by Crippen LogP contribution is 2.21. The zero-order valence-electron chi connectivity index (χ0n) is 10.9. The lowest BCUT2D eigenvalue weighted by Crippen LogP contribution is -2.32. The maximum Gasteiger partial charge on any atom is 0.158 e. The van der Waals surface area contributed by atoms with Crippen LogP contribution in [0, 0.1) is 0 Å². The number of hydrogen-bond donors (Lipinski definition) is 3. The molecule has 0 radical (unpaired) electrons. The van der Waals surface area contributed by atoms with Gasteiger partial charge in [-0.2, -0.15) is 15.3 Å². The zero-order chi connectivity index (χ0) is 14.1. The molecule has 3 N–H and O–H groups in total. The Labute approximate surface area is 119 Å². The first-order valence-corrected chi connectivity index (χ1v) is 6.40. The summed E-state index contributed by atoms with van der Waals surface area (Å²) in [5, 5.41) is 15.9. The molecule has 0 bridgehead atoms. The fourth-order valence-corrected chi connectivity index (χ4v) is 2.11. The second-order valence-electron chi connectivity index (χ2n) is 4.39. The van der Waals surface area contributed by atoms with Crippen LogP contribution in [0.4, 0.5) is 17.5 Å². The Morgan fingerprint density at radius 3 is 2.95 bits per heavy atom. The number of aromatic amines is 1.